The van der Waals surface area contributed by atoms with Crippen molar-refractivity contribution in [2.75, 3.05) is 19.8 Å². The van der Waals surface area contributed by atoms with Gasteiger partial charge in [-0.05, 0) is 57.4 Å². The highest BCUT2D eigenvalue weighted by Crippen LogP contribution is 2.24. The lowest BCUT2D eigenvalue weighted by atomic mass is 10.0. The van der Waals surface area contributed by atoms with Gasteiger partial charge in [-0.2, -0.15) is 5.26 Å². The van der Waals surface area contributed by atoms with Gasteiger partial charge in [0.15, 0.2) is 5.82 Å². The van der Waals surface area contributed by atoms with Crippen LogP contribution in [-0.2, 0) is 17.7 Å². The summed E-state index contributed by atoms with van der Waals surface area (Å²) in [6.07, 6.45) is 1.30. The van der Waals surface area contributed by atoms with E-state index in [1.54, 1.807) is 29.8 Å². The van der Waals surface area contributed by atoms with Crippen molar-refractivity contribution in [3.63, 3.8) is 0 Å². The number of benzene rings is 2. The summed E-state index contributed by atoms with van der Waals surface area (Å²) in [4.78, 5) is 17.4. The number of nitrogens with one attached hydrogen (secondary N) is 1. The van der Waals surface area contributed by atoms with Crippen molar-refractivity contribution in [1.82, 2.24) is 14.9 Å². The van der Waals surface area contributed by atoms with Crippen molar-refractivity contribution in [2.24, 2.45) is 0 Å². The van der Waals surface area contributed by atoms with Crippen molar-refractivity contribution in [3.8, 4) is 23.1 Å². The van der Waals surface area contributed by atoms with Crippen LogP contribution in [0.3, 0.4) is 0 Å². The van der Waals surface area contributed by atoms with Gasteiger partial charge in [0.1, 0.15) is 11.8 Å². The zero-order valence-corrected chi connectivity index (χ0v) is 22.5. The number of rotatable bonds is 14. The minimum absolute atomic E-state index is 0.0964. The Morgan fingerprint density at radius 3 is 2.51 bits per heavy atom. The molecule has 1 unspecified atom stereocenters. The average molecular weight is 537 g/mol. The first-order valence-electron chi connectivity index (χ1n) is 13.0. The average Bonchev–Trinajstić information content (AvgIpc) is 3.33. The molecule has 0 saturated heterocycles. The van der Waals surface area contributed by atoms with Gasteiger partial charge in [0.2, 0.25) is 6.29 Å². The molecule has 2 atom stereocenters. The number of nitrogens with zero attached hydrogens (tertiary/aromatic N) is 3. The van der Waals surface area contributed by atoms with E-state index in [2.05, 4.69) is 16.4 Å². The van der Waals surface area contributed by atoms with Crippen LogP contribution in [0.4, 0.5) is 0 Å². The molecule has 0 aliphatic rings. The van der Waals surface area contributed by atoms with Crippen LogP contribution < -0.4 is 10.1 Å². The molecule has 39 heavy (non-hydrogen) atoms. The van der Waals surface area contributed by atoms with E-state index < -0.39 is 6.29 Å². The Labute approximate surface area is 228 Å². The summed E-state index contributed by atoms with van der Waals surface area (Å²) >= 11 is 0. The first-order valence-corrected chi connectivity index (χ1v) is 13.0. The highest BCUT2D eigenvalue weighted by Gasteiger charge is 2.19. The van der Waals surface area contributed by atoms with Gasteiger partial charge < -0.3 is 34.7 Å². The van der Waals surface area contributed by atoms with Crippen molar-refractivity contribution in [1.29, 1.82) is 5.26 Å². The van der Waals surface area contributed by atoms with E-state index in [0.29, 0.717) is 42.3 Å². The van der Waals surface area contributed by atoms with Crippen LogP contribution >= 0.6 is 0 Å². The minimum atomic E-state index is -1.19. The number of imidazole rings is 1. The Kier molecular flexibility index (Phi) is 11.0. The highest BCUT2D eigenvalue weighted by molar-refractivity contribution is 5.95. The number of ether oxygens (including phenoxy) is 2. The normalized spacial score (nSPS) is 12.7. The first-order chi connectivity index (χ1) is 18.8. The molecule has 0 radical (unpaired) electrons. The Hall–Kier alpha value is -3.75. The predicted octanol–water partition coefficient (Wildman–Crippen LogP) is 2.95. The van der Waals surface area contributed by atoms with Gasteiger partial charge in [-0.3, -0.25) is 4.79 Å². The molecule has 0 fully saturated rings. The molecule has 0 spiro atoms. The molecule has 0 bridgehead atoms. The number of aliphatic hydroxyl groups excluding tert-OH is 3. The SMILES string of the molecule is CCOC(O)c1nc(-c2ccc(C[C@@H](CCO)NC(=O)c3ccc(OC(C)C)c(C#N)c3)cc2)cn1CCO. The molecule has 3 aromatic rings. The summed E-state index contributed by atoms with van der Waals surface area (Å²) in [6, 6.07) is 14.1. The zero-order valence-electron chi connectivity index (χ0n) is 22.5. The topological polar surface area (TPSA) is 150 Å². The molecule has 0 aliphatic heterocycles. The fourth-order valence-electron chi connectivity index (χ4n) is 4.15. The van der Waals surface area contributed by atoms with Gasteiger partial charge in [0.05, 0.1) is 24.0 Å². The van der Waals surface area contributed by atoms with Crippen LogP contribution in [0.25, 0.3) is 11.3 Å². The predicted molar refractivity (Wildman–Crippen MR) is 145 cm³/mol. The number of aliphatic hydroxyl groups is 3. The molecule has 10 heteroatoms. The van der Waals surface area contributed by atoms with Crippen LogP contribution in [0.2, 0.25) is 0 Å². The maximum atomic E-state index is 12.9. The van der Waals surface area contributed by atoms with Crippen molar-refractivity contribution >= 4 is 5.91 Å². The maximum absolute atomic E-state index is 12.9. The largest absolute Gasteiger partial charge is 0.490 e. The second-order valence-corrected chi connectivity index (χ2v) is 9.28. The third kappa shape index (κ3) is 8.12. The monoisotopic (exact) mass is 536 g/mol. The fourth-order valence-corrected chi connectivity index (χ4v) is 4.15. The summed E-state index contributed by atoms with van der Waals surface area (Å²) in [7, 11) is 0. The maximum Gasteiger partial charge on any atom is 0.251 e. The molecule has 3 rings (SSSR count). The van der Waals surface area contributed by atoms with Gasteiger partial charge >= 0.3 is 0 Å². The third-order valence-corrected chi connectivity index (χ3v) is 5.96. The number of carbonyl (C=O) groups excluding carboxylic acids is 1. The summed E-state index contributed by atoms with van der Waals surface area (Å²) < 4.78 is 12.6. The molecular formula is C29H36N4O6. The summed E-state index contributed by atoms with van der Waals surface area (Å²) in [5.41, 5.74) is 3.01. The van der Waals surface area contributed by atoms with E-state index in [-0.39, 0.29) is 43.4 Å². The molecule has 4 N–H and O–H groups in total. The van der Waals surface area contributed by atoms with Crippen LogP contribution in [0.5, 0.6) is 5.75 Å². The second-order valence-electron chi connectivity index (χ2n) is 9.28. The van der Waals surface area contributed by atoms with Gasteiger partial charge in [-0.1, -0.05) is 24.3 Å². The van der Waals surface area contributed by atoms with Crippen LogP contribution in [0, 0.1) is 11.3 Å². The summed E-state index contributed by atoms with van der Waals surface area (Å²) in [5.74, 6) is 0.406. The first kappa shape index (κ1) is 29.8. The molecule has 1 amide bonds. The van der Waals surface area contributed by atoms with Crippen molar-refractivity contribution in [3.05, 3.63) is 71.2 Å². The van der Waals surface area contributed by atoms with Crippen molar-refractivity contribution in [2.45, 2.75) is 58.6 Å². The van der Waals surface area contributed by atoms with E-state index in [4.69, 9.17) is 9.47 Å². The molecule has 10 nitrogen and oxygen atoms in total. The van der Waals surface area contributed by atoms with Gasteiger partial charge in [0.25, 0.3) is 5.91 Å². The Morgan fingerprint density at radius 1 is 1.15 bits per heavy atom. The zero-order chi connectivity index (χ0) is 28.4. The van der Waals surface area contributed by atoms with E-state index in [1.165, 1.54) is 6.07 Å². The Bertz CT molecular complexity index is 1270. The summed E-state index contributed by atoms with van der Waals surface area (Å²) in [6.45, 7) is 5.89. The number of amides is 1. The molecule has 2 aromatic carbocycles. The molecule has 1 aromatic heterocycles. The third-order valence-electron chi connectivity index (χ3n) is 5.96. The van der Waals surface area contributed by atoms with E-state index in [1.807, 2.05) is 38.1 Å². The molecule has 0 saturated carbocycles. The van der Waals surface area contributed by atoms with Gasteiger partial charge in [-0.15, -0.1) is 0 Å². The molecule has 1 heterocycles. The van der Waals surface area contributed by atoms with Crippen LogP contribution in [-0.4, -0.2) is 62.7 Å². The minimum Gasteiger partial charge on any atom is -0.490 e. The molecule has 208 valence electrons. The standard InChI is InChI=1S/C29H36N4O6/c1-4-38-29(37)27-32-25(18-33(27)12-14-35)21-7-5-20(6-8-21)15-24(11-13-34)31-28(36)22-9-10-26(39-19(2)3)23(16-22)17-30/h5-10,16,18-19,24,29,34-35,37H,4,11-15H2,1-3H3,(H,31,36)/t24-,29?/m1/s1. The van der Waals surface area contributed by atoms with Crippen LogP contribution in [0.15, 0.2) is 48.7 Å². The molecule has 0 aliphatic carbocycles. The van der Waals surface area contributed by atoms with Gasteiger partial charge in [-0.25, -0.2) is 4.98 Å². The van der Waals surface area contributed by atoms with E-state index in [0.717, 1.165) is 11.1 Å². The van der Waals surface area contributed by atoms with E-state index in [9.17, 15) is 25.4 Å². The summed E-state index contributed by atoms with van der Waals surface area (Å²) in [5, 5.41) is 41.6. The Morgan fingerprint density at radius 2 is 1.90 bits per heavy atom. The smallest absolute Gasteiger partial charge is 0.251 e. The fraction of sp³-hybridized carbons (Fsp3) is 0.414. The lowest BCUT2D eigenvalue weighted by Gasteiger charge is -2.19. The molecular weight excluding hydrogens is 500 g/mol. The second kappa shape index (κ2) is 14.4. The lowest BCUT2D eigenvalue weighted by Crippen LogP contribution is -2.37. The van der Waals surface area contributed by atoms with E-state index >= 15 is 0 Å². The van der Waals surface area contributed by atoms with Gasteiger partial charge in [0, 0.05) is 43.1 Å². The number of aromatic nitrogens is 2. The highest BCUT2D eigenvalue weighted by atomic mass is 16.6. The Balaban J connectivity index is 1.72. The quantitative estimate of drug-likeness (QED) is 0.230. The number of hydrogen-bond acceptors (Lipinski definition) is 8. The van der Waals surface area contributed by atoms with Crippen LogP contribution in [0.1, 0.15) is 60.8 Å². The number of carbonyl (C=O) groups is 1. The van der Waals surface area contributed by atoms with Crippen molar-refractivity contribution < 1.29 is 29.6 Å². The number of nitriles is 1. The lowest BCUT2D eigenvalue weighted by molar-refractivity contribution is -0.106. The number of hydrogen-bond donors (Lipinski definition) is 4.